The Morgan fingerprint density at radius 3 is 2.76 bits per heavy atom. The quantitative estimate of drug-likeness (QED) is 0.852. The summed E-state index contributed by atoms with van der Waals surface area (Å²) in [4.78, 5) is 27.3. The third-order valence-electron chi connectivity index (χ3n) is 5.82. The van der Waals surface area contributed by atoms with E-state index in [1.807, 2.05) is 18.2 Å². The fourth-order valence-electron chi connectivity index (χ4n) is 4.47. The van der Waals surface area contributed by atoms with E-state index >= 15 is 0 Å². The maximum atomic E-state index is 12.5. The molecule has 0 bridgehead atoms. The molecule has 6 nitrogen and oxygen atoms in total. The van der Waals surface area contributed by atoms with Crippen molar-refractivity contribution in [3.8, 4) is 0 Å². The van der Waals surface area contributed by atoms with Crippen LogP contribution >= 0.6 is 0 Å². The number of likely N-dealkylation sites (N-methyl/N-ethyl adjacent to an activating group) is 2. The monoisotopic (exact) mass is 344 g/mol. The summed E-state index contributed by atoms with van der Waals surface area (Å²) in [6, 6.07) is 7.95. The van der Waals surface area contributed by atoms with E-state index in [2.05, 4.69) is 17.3 Å². The number of likely N-dealkylation sites (tertiary alicyclic amines) is 1. The van der Waals surface area contributed by atoms with Gasteiger partial charge in [0.15, 0.2) is 0 Å². The molecule has 1 saturated heterocycles. The number of primary amides is 1. The highest BCUT2D eigenvalue weighted by atomic mass is 16.2. The van der Waals surface area contributed by atoms with E-state index in [1.165, 1.54) is 30.6 Å². The Bertz CT molecular complexity index is 655. The number of amides is 2. The van der Waals surface area contributed by atoms with E-state index in [0.29, 0.717) is 11.6 Å². The topological polar surface area (TPSA) is 78.7 Å². The van der Waals surface area contributed by atoms with Gasteiger partial charge in [0.2, 0.25) is 5.91 Å². The van der Waals surface area contributed by atoms with E-state index < -0.39 is 5.91 Å². The van der Waals surface area contributed by atoms with Gasteiger partial charge in [0.1, 0.15) is 0 Å². The summed E-state index contributed by atoms with van der Waals surface area (Å²) in [6.07, 6.45) is 6.18. The maximum absolute atomic E-state index is 12.5. The van der Waals surface area contributed by atoms with Crippen LogP contribution in [0.4, 0.5) is 5.69 Å². The lowest BCUT2D eigenvalue weighted by Gasteiger charge is -2.38. The predicted octanol–water partition coefficient (Wildman–Crippen LogP) is 1.67. The van der Waals surface area contributed by atoms with Crippen molar-refractivity contribution in [2.45, 2.75) is 43.7 Å². The van der Waals surface area contributed by atoms with Crippen molar-refractivity contribution in [3.05, 3.63) is 29.8 Å². The molecule has 1 aromatic rings. The lowest BCUT2D eigenvalue weighted by Crippen LogP contribution is -2.49. The van der Waals surface area contributed by atoms with Gasteiger partial charge in [-0.1, -0.05) is 18.9 Å². The Balaban J connectivity index is 1.74. The van der Waals surface area contributed by atoms with Gasteiger partial charge in [-0.2, -0.15) is 0 Å². The number of rotatable bonds is 5. The van der Waals surface area contributed by atoms with Gasteiger partial charge in [-0.15, -0.1) is 0 Å². The smallest absolute Gasteiger partial charge is 0.254 e. The Labute approximate surface area is 149 Å². The highest BCUT2D eigenvalue weighted by Gasteiger charge is 2.48. The molecule has 2 aliphatic rings. The molecule has 136 valence electrons. The molecule has 1 saturated carbocycles. The van der Waals surface area contributed by atoms with Gasteiger partial charge >= 0.3 is 0 Å². The van der Waals surface area contributed by atoms with Gasteiger partial charge in [-0.3, -0.25) is 14.5 Å². The minimum absolute atomic E-state index is 0.0764. The number of nitrogens with zero attached hydrogens (tertiary/aromatic N) is 2. The molecule has 6 heteroatoms. The molecule has 1 unspecified atom stereocenters. The average molecular weight is 344 g/mol. The van der Waals surface area contributed by atoms with Gasteiger partial charge in [0.25, 0.3) is 5.91 Å². The summed E-state index contributed by atoms with van der Waals surface area (Å²) in [5, 5.41) is 3.67. The predicted molar refractivity (Wildman–Crippen MR) is 98.5 cm³/mol. The van der Waals surface area contributed by atoms with Crippen LogP contribution in [0.5, 0.6) is 0 Å². The number of benzene rings is 1. The standard InChI is InChI=1S/C19H28N4O2/c1-22(13-17(20)24)18(25)14-6-5-7-15(12-14)21-16-8-11-23(2)19(16)9-3-4-10-19/h5-7,12,16,21H,3-4,8-11,13H2,1-2H3,(H2,20,24). The first-order valence-corrected chi connectivity index (χ1v) is 9.04. The second-order valence-corrected chi connectivity index (χ2v) is 7.43. The van der Waals surface area contributed by atoms with E-state index in [0.717, 1.165) is 18.7 Å². The van der Waals surface area contributed by atoms with Crippen molar-refractivity contribution < 1.29 is 9.59 Å². The molecular formula is C19H28N4O2. The molecule has 2 amide bonds. The lowest BCUT2D eigenvalue weighted by atomic mass is 9.89. The van der Waals surface area contributed by atoms with Crippen LogP contribution in [0, 0.1) is 0 Å². The number of carbonyl (C=O) groups excluding carboxylic acids is 2. The molecule has 25 heavy (non-hydrogen) atoms. The summed E-state index contributed by atoms with van der Waals surface area (Å²) in [5.41, 5.74) is 6.96. The Morgan fingerprint density at radius 2 is 2.08 bits per heavy atom. The zero-order valence-electron chi connectivity index (χ0n) is 15.1. The Kier molecular flexibility index (Phi) is 4.99. The van der Waals surface area contributed by atoms with Crippen molar-refractivity contribution in [2.24, 2.45) is 5.73 Å². The first-order chi connectivity index (χ1) is 11.9. The SMILES string of the molecule is CN(CC(N)=O)C(=O)c1cccc(NC2CCN(C)C23CCCC3)c1. The first kappa shape index (κ1) is 17.7. The molecule has 1 heterocycles. The summed E-state index contributed by atoms with van der Waals surface area (Å²) in [7, 11) is 3.82. The fraction of sp³-hybridized carbons (Fsp3) is 0.579. The highest BCUT2D eigenvalue weighted by molar-refractivity contribution is 5.96. The van der Waals surface area contributed by atoms with Gasteiger partial charge in [0.05, 0.1) is 6.54 Å². The van der Waals surface area contributed by atoms with Gasteiger partial charge < -0.3 is 16.0 Å². The van der Waals surface area contributed by atoms with Crippen LogP contribution in [-0.2, 0) is 4.79 Å². The average Bonchev–Trinajstić information content (AvgIpc) is 3.18. The maximum Gasteiger partial charge on any atom is 0.254 e. The Morgan fingerprint density at radius 1 is 1.36 bits per heavy atom. The number of anilines is 1. The van der Waals surface area contributed by atoms with Crippen LogP contribution < -0.4 is 11.1 Å². The third kappa shape index (κ3) is 3.49. The summed E-state index contributed by atoms with van der Waals surface area (Å²) in [5.74, 6) is -0.705. The largest absolute Gasteiger partial charge is 0.380 e. The minimum atomic E-state index is -0.512. The molecule has 1 aliphatic heterocycles. The van der Waals surface area contributed by atoms with Crippen molar-refractivity contribution in [1.82, 2.24) is 9.80 Å². The van der Waals surface area contributed by atoms with Crippen LogP contribution in [0.1, 0.15) is 42.5 Å². The van der Waals surface area contributed by atoms with Crippen LogP contribution in [0.2, 0.25) is 0 Å². The third-order valence-corrected chi connectivity index (χ3v) is 5.82. The first-order valence-electron chi connectivity index (χ1n) is 9.04. The molecule has 2 fully saturated rings. The van der Waals surface area contributed by atoms with Crippen LogP contribution in [-0.4, -0.2) is 60.4 Å². The molecule has 3 rings (SSSR count). The van der Waals surface area contributed by atoms with Crippen molar-refractivity contribution >= 4 is 17.5 Å². The van der Waals surface area contributed by atoms with E-state index in [-0.39, 0.29) is 18.0 Å². The van der Waals surface area contributed by atoms with Gasteiger partial charge in [-0.25, -0.2) is 0 Å². The molecule has 0 aromatic heterocycles. The molecular weight excluding hydrogens is 316 g/mol. The van der Waals surface area contributed by atoms with Gasteiger partial charge in [0, 0.05) is 36.4 Å². The van der Waals surface area contributed by atoms with Crippen molar-refractivity contribution in [2.75, 3.05) is 32.5 Å². The minimum Gasteiger partial charge on any atom is -0.380 e. The molecule has 0 radical (unpaired) electrons. The van der Waals surface area contributed by atoms with E-state index in [4.69, 9.17) is 5.73 Å². The number of carbonyl (C=O) groups is 2. The van der Waals surface area contributed by atoms with Crippen molar-refractivity contribution in [1.29, 1.82) is 0 Å². The van der Waals surface area contributed by atoms with Crippen LogP contribution in [0.3, 0.4) is 0 Å². The zero-order chi connectivity index (χ0) is 18.0. The Hall–Kier alpha value is -2.08. The normalized spacial score (nSPS) is 22.2. The summed E-state index contributed by atoms with van der Waals surface area (Å²) in [6.45, 7) is 1.03. The zero-order valence-corrected chi connectivity index (χ0v) is 15.1. The van der Waals surface area contributed by atoms with Crippen molar-refractivity contribution in [3.63, 3.8) is 0 Å². The van der Waals surface area contributed by atoms with E-state index in [1.54, 1.807) is 13.1 Å². The summed E-state index contributed by atoms with van der Waals surface area (Å²) >= 11 is 0. The number of nitrogens with one attached hydrogen (secondary N) is 1. The molecule has 1 aromatic carbocycles. The molecule has 1 aliphatic carbocycles. The molecule has 1 spiro atoms. The van der Waals surface area contributed by atoms with Crippen LogP contribution in [0.15, 0.2) is 24.3 Å². The van der Waals surface area contributed by atoms with Crippen LogP contribution in [0.25, 0.3) is 0 Å². The molecule has 3 N–H and O–H groups in total. The fourth-order valence-corrected chi connectivity index (χ4v) is 4.47. The van der Waals surface area contributed by atoms with E-state index in [9.17, 15) is 9.59 Å². The summed E-state index contributed by atoms with van der Waals surface area (Å²) < 4.78 is 0. The molecule has 1 atom stereocenters. The lowest BCUT2D eigenvalue weighted by molar-refractivity contribution is -0.118. The number of hydrogen-bond acceptors (Lipinski definition) is 4. The number of hydrogen-bond donors (Lipinski definition) is 2. The second-order valence-electron chi connectivity index (χ2n) is 7.43. The number of nitrogens with two attached hydrogens (primary N) is 1. The highest BCUT2D eigenvalue weighted by Crippen LogP contribution is 2.43. The van der Waals surface area contributed by atoms with Gasteiger partial charge in [-0.05, 0) is 44.5 Å². The second kappa shape index (κ2) is 7.04.